The van der Waals surface area contributed by atoms with Gasteiger partial charge in [-0.15, -0.1) is 0 Å². The molecule has 3 N–H and O–H groups in total. The number of H-pyrrole nitrogens is 1. The number of benzene rings is 1. The molecule has 0 aliphatic carbocycles. The maximum absolute atomic E-state index is 10.7. The van der Waals surface area contributed by atoms with Gasteiger partial charge in [0.1, 0.15) is 0 Å². The number of phosphoric acid groups is 1. The number of hydrogen-bond acceptors (Lipinski definition) is 2. The van der Waals surface area contributed by atoms with Crippen LogP contribution in [-0.4, -0.2) is 46.6 Å². The van der Waals surface area contributed by atoms with Gasteiger partial charge in [-0.1, -0.05) is 18.2 Å². The normalized spacial score (nSPS) is 13.0. The van der Waals surface area contributed by atoms with Gasteiger partial charge in [-0.2, -0.15) is 0 Å². The van der Waals surface area contributed by atoms with Crippen LogP contribution in [0.3, 0.4) is 0 Å². The number of rotatable bonds is 6. The van der Waals surface area contributed by atoms with Crippen LogP contribution in [-0.2, 0) is 15.5 Å². The predicted molar refractivity (Wildman–Crippen MR) is 77.0 cm³/mol. The van der Waals surface area contributed by atoms with E-state index in [0.29, 0.717) is 4.48 Å². The Hall–Kier alpha value is -1.17. The number of para-hydroxylation sites is 1. The first kappa shape index (κ1) is 15.2. The van der Waals surface area contributed by atoms with Crippen molar-refractivity contribution < 1.29 is 23.4 Å². The summed E-state index contributed by atoms with van der Waals surface area (Å²) in [7, 11) is -0.648. The predicted octanol–water partition coefficient (Wildman–Crippen LogP) is 1.85. The Morgan fingerprint density at radius 3 is 2.70 bits per heavy atom. The zero-order chi connectivity index (χ0) is 14.8. The molecule has 1 aromatic heterocycles. The molecule has 1 heterocycles. The van der Waals surface area contributed by atoms with E-state index in [0.717, 1.165) is 18.5 Å². The highest BCUT2D eigenvalue weighted by molar-refractivity contribution is 7.46. The monoisotopic (exact) mass is 299 g/mol. The Labute approximate surface area is 117 Å². The van der Waals surface area contributed by atoms with Crippen LogP contribution in [0.2, 0.25) is 0 Å². The first-order valence-corrected chi connectivity index (χ1v) is 7.87. The Balaban J connectivity index is 1.99. The van der Waals surface area contributed by atoms with Gasteiger partial charge in [0.25, 0.3) is 0 Å². The van der Waals surface area contributed by atoms with Crippen LogP contribution in [0.25, 0.3) is 10.9 Å². The fourth-order valence-electron chi connectivity index (χ4n) is 2.06. The molecule has 0 amide bonds. The quantitative estimate of drug-likeness (QED) is 0.432. The summed E-state index contributed by atoms with van der Waals surface area (Å²) in [5, 5.41) is 1.18. The molecule has 0 radical (unpaired) electrons. The molecule has 110 valence electrons. The summed E-state index contributed by atoms with van der Waals surface area (Å²) in [5.41, 5.74) is 2.29. The fraction of sp³-hybridized carbons (Fsp3) is 0.385. The number of aromatic nitrogens is 1. The highest BCUT2D eigenvalue weighted by atomic mass is 31.2. The van der Waals surface area contributed by atoms with Crippen molar-refractivity contribution in [2.75, 3.05) is 27.4 Å². The van der Waals surface area contributed by atoms with Gasteiger partial charge in [0.15, 0.2) is 6.73 Å². The van der Waals surface area contributed by atoms with Crippen molar-refractivity contribution in [2.45, 2.75) is 6.42 Å². The average Bonchev–Trinajstić information content (AvgIpc) is 2.77. The molecule has 0 atom stereocenters. The summed E-state index contributed by atoms with van der Waals surface area (Å²) in [6, 6.07) is 8.07. The summed E-state index contributed by atoms with van der Waals surface area (Å²) >= 11 is 0. The number of phosphoric ester groups is 1. The van der Waals surface area contributed by atoms with Gasteiger partial charge in [-0.25, -0.2) is 9.09 Å². The van der Waals surface area contributed by atoms with E-state index in [1.165, 1.54) is 10.9 Å². The minimum Gasteiger partial charge on any atom is -0.361 e. The number of fused-ring (bicyclic) bond motifs is 1. The van der Waals surface area contributed by atoms with E-state index in [9.17, 15) is 4.57 Å². The molecule has 0 bridgehead atoms. The minimum absolute atomic E-state index is 0.0212. The molecule has 0 aliphatic rings. The lowest BCUT2D eigenvalue weighted by molar-refractivity contribution is -0.906. The lowest BCUT2D eigenvalue weighted by Crippen LogP contribution is -2.42. The molecule has 1 aromatic carbocycles. The molecular weight excluding hydrogens is 279 g/mol. The molecule has 6 nitrogen and oxygen atoms in total. The van der Waals surface area contributed by atoms with Crippen LogP contribution in [0.4, 0.5) is 0 Å². The minimum atomic E-state index is -4.41. The molecule has 0 spiro atoms. The number of nitrogens with zero attached hydrogens (tertiary/aromatic N) is 1. The van der Waals surface area contributed by atoms with Crippen molar-refractivity contribution in [1.82, 2.24) is 4.98 Å². The number of hydrogen-bond donors (Lipinski definition) is 3. The highest BCUT2D eigenvalue weighted by Gasteiger charge is 2.23. The van der Waals surface area contributed by atoms with Crippen molar-refractivity contribution in [3.8, 4) is 0 Å². The summed E-state index contributed by atoms with van der Waals surface area (Å²) in [5.74, 6) is 0. The molecule has 7 heteroatoms. The van der Waals surface area contributed by atoms with Crippen LogP contribution in [0, 0.1) is 0 Å². The van der Waals surface area contributed by atoms with E-state index in [1.807, 2.05) is 38.5 Å². The first-order valence-electron chi connectivity index (χ1n) is 6.34. The maximum Gasteiger partial charge on any atom is 0.474 e. The number of aromatic amines is 1. The van der Waals surface area contributed by atoms with Crippen molar-refractivity contribution in [3.63, 3.8) is 0 Å². The van der Waals surface area contributed by atoms with Crippen molar-refractivity contribution in [2.24, 2.45) is 0 Å². The third-order valence-corrected chi connectivity index (χ3v) is 3.69. The molecule has 2 rings (SSSR count). The van der Waals surface area contributed by atoms with Crippen molar-refractivity contribution in [1.29, 1.82) is 0 Å². The fourth-order valence-corrected chi connectivity index (χ4v) is 2.52. The Morgan fingerprint density at radius 2 is 2.00 bits per heavy atom. The van der Waals surface area contributed by atoms with Crippen LogP contribution < -0.4 is 0 Å². The molecule has 20 heavy (non-hydrogen) atoms. The van der Waals surface area contributed by atoms with Crippen LogP contribution in [0.5, 0.6) is 0 Å². The second-order valence-corrected chi connectivity index (χ2v) is 6.76. The Bertz CT molecular complexity index is 632. The smallest absolute Gasteiger partial charge is 0.361 e. The summed E-state index contributed by atoms with van der Waals surface area (Å²) in [6.45, 7) is 0.703. The summed E-state index contributed by atoms with van der Waals surface area (Å²) in [4.78, 5) is 20.7. The van der Waals surface area contributed by atoms with Crippen molar-refractivity contribution in [3.05, 3.63) is 36.0 Å². The molecule has 2 aromatic rings. The lowest BCUT2D eigenvalue weighted by atomic mass is 10.1. The van der Waals surface area contributed by atoms with Crippen LogP contribution in [0.1, 0.15) is 5.56 Å². The van der Waals surface area contributed by atoms with Gasteiger partial charge in [-0.05, 0) is 11.6 Å². The Morgan fingerprint density at radius 1 is 1.30 bits per heavy atom. The SMILES string of the molecule is C[N+](C)(CCc1c[nH]c2ccccc12)COP(=O)(O)O. The van der Waals surface area contributed by atoms with Gasteiger partial charge in [0.05, 0.1) is 20.6 Å². The van der Waals surface area contributed by atoms with E-state index in [-0.39, 0.29) is 6.73 Å². The lowest BCUT2D eigenvalue weighted by Gasteiger charge is -2.29. The maximum atomic E-state index is 10.7. The topological polar surface area (TPSA) is 82.6 Å². The van der Waals surface area contributed by atoms with E-state index in [1.54, 1.807) is 0 Å². The number of likely N-dealkylation sites (N-methyl/N-ethyl adjacent to an activating group) is 1. The van der Waals surface area contributed by atoms with E-state index in [2.05, 4.69) is 15.6 Å². The standard InChI is InChI=1S/C13H19N2O4P/c1-15(2,10-19-20(16,17)18)8-7-11-9-14-13-6-4-3-5-12(11)13/h3-6,9,14H,7-8,10H2,1-2H3,(H-,16,17,18)/p+1. The van der Waals surface area contributed by atoms with E-state index >= 15 is 0 Å². The van der Waals surface area contributed by atoms with Gasteiger partial charge < -0.3 is 19.3 Å². The van der Waals surface area contributed by atoms with E-state index in [4.69, 9.17) is 9.79 Å². The highest BCUT2D eigenvalue weighted by Crippen LogP contribution is 2.36. The van der Waals surface area contributed by atoms with Gasteiger partial charge in [0, 0.05) is 23.5 Å². The van der Waals surface area contributed by atoms with Gasteiger partial charge >= 0.3 is 7.82 Å². The third-order valence-electron chi connectivity index (χ3n) is 3.24. The number of quaternary nitrogens is 1. The number of nitrogens with one attached hydrogen (secondary N) is 1. The van der Waals surface area contributed by atoms with Gasteiger partial charge in [-0.3, -0.25) is 0 Å². The molecule has 0 aliphatic heterocycles. The zero-order valence-electron chi connectivity index (χ0n) is 11.6. The first-order chi connectivity index (χ1) is 9.27. The second-order valence-electron chi connectivity index (χ2n) is 5.52. The Kier molecular flexibility index (Phi) is 4.32. The molecule has 0 saturated heterocycles. The summed E-state index contributed by atoms with van der Waals surface area (Å²) < 4.78 is 15.7. The summed E-state index contributed by atoms with van der Waals surface area (Å²) in [6.07, 6.45) is 2.79. The largest absolute Gasteiger partial charge is 0.474 e. The second kappa shape index (κ2) is 5.68. The van der Waals surface area contributed by atoms with Crippen LogP contribution >= 0.6 is 7.82 Å². The zero-order valence-corrected chi connectivity index (χ0v) is 12.5. The molecular formula is C13H20N2O4P+. The molecule has 0 fully saturated rings. The van der Waals surface area contributed by atoms with E-state index < -0.39 is 7.82 Å². The molecule has 0 unspecified atom stereocenters. The third kappa shape index (κ3) is 4.16. The average molecular weight is 299 g/mol. The molecule has 0 saturated carbocycles. The van der Waals surface area contributed by atoms with Crippen LogP contribution in [0.15, 0.2) is 30.5 Å². The van der Waals surface area contributed by atoms with Crippen molar-refractivity contribution >= 4 is 18.7 Å². The van der Waals surface area contributed by atoms with Gasteiger partial charge in [0.2, 0.25) is 0 Å².